The molecule has 3 aromatic rings. The van der Waals surface area contributed by atoms with Crippen molar-refractivity contribution in [1.82, 2.24) is 4.98 Å². The third kappa shape index (κ3) is 4.48. The zero-order valence-electron chi connectivity index (χ0n) is 17.7. The third-order valence-corrected chi connectivity index (χ3v) is 6.08. The van der Waals surface area contributed by atoms with E-state index in [0.717, 1.165) is 24.8 Å². The average Bonchev–Trinajstić information content (AvgIpc) is 3.32. The number of para-hydroxylation sites is 1. The molecule has 0 radical (unpaired) electrons. The molecule has 1 aliphatic rings. The fourth-order valence-electron chi connectivity index (χ4n) is 4.05. The summed E-state index contributed by atoms with van der Waals surface area (Å²) in [5.41, 5.74) is 1.11. The number of ether oxygens (including phenoxy) is 1. The van der Waals surface area contributed by atoms with E-state index in [9.17, 15) is 9.59 Å². The number of esters is 1. The van der Waals surface area contributed by atoms with Gasteiger partial charge in [0.2, 0.25) is 5.89 Å². The van der Waals surface area contributed by atoms with E-state index in [1.54, 1.807) is 42.6 Å². The van der Waals surface area contributed by atoms with Gasteiger partial charge in [0, 0.05) is 11.3 Å². The number of oxazole rings is 1. The Kier molecular flexibility index (Phi) is 6.46. The number of halogens is 1. The molecule has 1 saturated carbocycles. The van der Waals surface area contributed by atoms with Gasteiger partial charge in [-0.1, -0.05) is 43.0 Å². The van der Waals surface area contributed by atoms with Gasteiger partial charge in [0.25, 0.3) is 0 Å². The maximum Gasteiger partial charge on any atom is 0.323 e. The van der Waals surface area contributed by atoms with Gasteiger partial charge in [-0.3, -0.25) is 4.79 Å². The molecule has 1 fully saturated rings. The molecule has 1 aliphatic carbocycles. The summed E-state index contributed by atoms with van der Waals surface area (Å²) in [6.07, 6.45) is 5.92. The van der Waals surface area contributed by atoms with Crippen LogP contribution in [0.15, 0.2) is 59.1 Å². The van der Waals surface area contributed by atoms with Crippen LogP contribution in [0.1, 0.15) is 38.0 Å². The lowest BCUT2D eigenvalue weighted by atomic mass is 9.74. The molecule has 2 aromatic carbocycles. The molecule has 0 atom stereocenters. The van der Waals surface area contributed by atoms with Crippen molar-refractivity contribution in [2.45, 2.75) is 37.5 Å². The third-order valence-electron chi connectivity index (χ3n) is 5.75. The van der Waals surface area contributed by atoms with Crippen LogP contribution < -0.4 is 10.6 Å². The highest BCUT2D eigenvalue weighted by atomic mass is 35.5. The first kappa shape index (κ1) is 21.9. The van der Waals surface area contributed by atoms with Gasteiger partial charge >= 0.3 is 12.0 Å². The summed E-state index contributed by atoms with van der Waals surface area (Å²) in [5, 5.41) is 5.94. The fourth-order valence-corrected chi connectivity index (χ4v) is 4.23. The van der Waals surface area contributed by atoms with Crippen molar-refractivity contribution < 1.29 is 18.7 Å². The molecule has 2 amide bonds. The predicted molar refractivity (Wildman–Crippen MR) is 123 cm³/mol. The smallest absolute Gasteiger partial charge is 0.323 e. The Labute approximate surface area is 191 Å². The topological polar surface area (TPSA) is 93.5 Å². The highest BCUT2D eigenvalue weighted by Gasteiger charge is 2.46. The summed E-state index contributed by atoms with van der Waals surface area (Å²) in [6.45, 7) is 0. The number of amides is 2. The van der Waals surface area contributed by atoms with Gasteiger partial charge in [-0.25, -0.2) is 9.78 Å². The van der Waals surface area contributed by atoms with Gasteiger partial charge < -0.3 is 19.8 Å². The number of urea groups is 1. The Morgan fingerprint density at radius 3 is 2.44 bits per heavy atom. The van der Waals surface area contributed by atoms with Crippen LogP contribution in [0.2, 0.25) is 5.02 Å². The maximum atomic E-state index is 12.6. The minimum atomic E-state index is -0.816. The van der Waals surface area contributed by atoms with Crippen molar-refractivity contribution in [2.24, 2.45) is 0 Å². The predicted octanol–water partition coefficient (Wildman–Crippen LogP) is 6.01. The van der Waals surface area contributed by atoms with Crippen molar-refractivity contribution in [1.29, 1.82) is 0 Å². The highest BCUT2D eigenvalue weighted by Crippen LogP contribution is 2.41. The Hall–Kier alpha value is -3.32. The first-order chi connectivity index (χ1) is 15.5. The lowest BCUT2D eigenvalue weighted by Gasteiger charge is -2.31. The second-order valence-electron chi connectivity index (χ2n) is 7.80. The van der Waals surface area contributed by atoms with Crippen molar-refractivity contribution in [3.05, 3.63) is 65.6 Å². The number of rotatable bonds is 5. The second-order valence-corrected chi connectivity index (χ2v) is 8.21. The standard InChI is InChI=1S/C24H24ClN3O4/c1-31-22(29)24(13-5-2-6-14-24)21-26-15-20(32-21)16-9-11-17(12-10-16)27-23(30)28-19-8-4-3-7-18(19)25/h3-4,7-12,15H,2,5-6,13-14H2,1H3,(H2,27,28,30). The second kappa shape index (κ2) is 9.44. The first-order valence-electron chi connectivity index (χ1n) is 10.5. The molecule has 1 heterocycles. The monoisotopic (exact) mass is 453 g/mol. The molecule has 4 rings (SSSR count). The number of carbonyl (C=O) groups is 2. The minimum absolute atomic E-state index is 0.297. The van der Waals surface area contributed by atoms with Crippen LogP contribution in [0, 0.1) is 0 Å². The van der Waals surface area contributed by atoms with Crippen LogP contribution in [0.4, 0.5) is 16.2 Å². The number of hydrogen-bond donors (Lipinski definition) is 2. The van der Waals surface area contributed by atoms with E-state index in [4.69, 9.17) is 20.8 Å². The largest absolute Gasteiger partial charge is 0.468 e. The van der Waals surface area contributed by atoms with Crippen molar-refractivity contribution >= 4 is 35.0 Å². The van der Waals surface area contributed by atoms with E-state index in [0.29, 0.717) is 40.9 Å². The molecule has 0 bridgehead atoms. The zero-order valence-corrected chi connectivity index (χ0v) is 18.4. The molecule has 7 nitrogen and oxygen atoms in total. The van der Waals surface area contributed by atoms with Crippen LogP contribution in [0.5, 0.6) is 0 Å². The highest BCUT2D eigenvalue weighted by molar-refractivity contribution is 6.33. The molecular weight excluding hydrogens is 430 g/mol. The molecule has 0 spiro atoms. The van der Waals surface area contributed by atoms with E-state index in [-0.39, 0.29) is 5.97 Å². The number of hydrogen-bond acceptors (Lipinski definition) is 5. The molecule has 1 aromatic heterocycles. The van der Waals surface area contributed by atoms with Gasteiger partial charge in [-0.05, 0) is 49.2 Å². The van der Waals surface area contributed by atoms with Gasteiger partial charge in [0.1, 0.15) is 5.41 Å². The quantitative estimate of drug-likeness (QED) is 0.461. The average molecular weight is 454 g/mol. The molecule has 32 heavy (non-hydrogen) atoms. The first-order valence-corrected chi connectivity index (χ1v) is 10.9. The SMILES string of the molecule is COC(=O)C1(c2ncc(-c3ccc(NC(=O)Nc4ccccc4Cl)cc3)o2)CCCCC1. The summed E-state index contributed by atoms with van der Waals surface area (Å²) in [6, 6.07) is 13.8. The van der Waals surface area contributed by atoms with Crippen molar-refractivity contribution in [2.75, 3.05) is 17.7 Å². The molecule has 2 N–H and O–H groups in total. The van der Waals surface area contributed by atoms with Gasteiger partial charge in [0.05, 0.1) is 24.0 Å². The van der Waals surface area contributed by atoms with E-state index < -0.39 is 11.4 Å². The molecule has 8 heteroatoms. The van der Waals surface area contributed by atoms with Crippen LogP contribution in [-0.4, -0.2) is 24.1 Å². The molecule has 0 aliphatic heterocycles. The summed E-state index contributed by atoms with van der Waals surface area (Å²) in [4.78, 5) is 29.2. The number of methoxy groups -OCH3 is 1. The van der Waals surface area contributed by atoms with Gasteiger partial charge in [-0.2, -0.15) is 0 Å². The summed E-state index contributed by atoms with van der Waals surface area (Å²) < 4.78 is 11.1. The Morgan fingerprint density at radius 2 is 1.75 bits per heavy atom. The lowest BCUT2D eigenvalue weighted by Crippen LogP contribution is -2.39. The number of carbonyl (C=O) groups excluding carboxylic acids is 2. The number of nitrogens with one attached hydrogen (secondary N) is 2. The molecular formula is C24H24ClN3O4. The number of nitrogens with zero attached hydrogens (tertiary/aromatic N) is 1. The summed E-state index contributed by atoms with van der Waals surface area (Å²) in [7, 11) is 1.40. The van der Waals surface area contributed by atoms with Crippen LogP contribution in [0.3, 0.4) is 0 Å². The summed E-state index contributed by atoms with van der Waals surface area (Å²) in [5.74, 6) is 0.663. The Morgan fingerprint density at radius 1 is 1.03 bits per heavy atom. The Balaban J connectivity index is 1.47. The van der Waals surface area contributed by atoms with Crippen LogP contribution in [0.25, 0.3) is 11.3 Å². The van der Waals surface area contributed by atoms with Crippen molar-refractivity contribution in [3.63, 3.8) is 0 Å². The number of benzene rings is 2. The van der Waals surface area contributed by atoms with E-state index in [1.165, 1.54) is 7.11 Å². The molecule has 0 unspecified atom stereocenters. The minimum Gasteiger partial charge on any atom is -0.468 e. The van der Waals surface area contributed by atoms with E-state index >= 15 is 0 Å². The Bertz CT molecular complexity index is 1100. The molecule has 0 saturated heterocycles. The van der Waals surface area contributed by atoms with E-state index in [2.05, 4.69) is 15.6 Å². The number of aromatic nitrogens is 1. The van der Waals surface area contributed by atoms with Crippen molar-refractivity contribution in [3.8, 4) is 11.3 Å². The normalized spacial score (nSPS) is 15.1. The van der Waals surface area contributed by atoms with Gasteiger partial charge in [0.15, 0.2) is 5.76 Å². The van der Waals surface area contributed by atoms with Gasteiger partial charge in [-0.15, -0.1) is 0 Å². The maximum absolute atomic E-state index is 12.6. The van der Waals surface area contributed by atoms with Crippen LogP contribution >= 0.6 is 11.6 Å². The number of anilines is 2. The zero-order chi connectivity index (χ0) is 22.6. The fraction of sp³-hybridized carbons (Fsp3) is 0.292. The van der Waals surface area contributed by atoms with Crippen LogP contribution in [-0.2, 0) is 14.9 Å². The van der Waals surface area contributed by atoms with E-state index in [1.807, 2.05) is 12.1 Å². The lowest BCUT2D eigenvalue weighted by molar-refractivity contribution is -0.150. The molecule has 166 valence electrons. The summed E-state index contributed by atoms with van der Waals surface area (Å²) >= 11 is 6.07.